The Morgan fingerprint density at radius 3 is 2.75 bits per heavy atom. The van der Waals surface area contributed by atoms with Crippen LogP contribution in [0.5, 0.6) is 0 Å². The fourth-order valence-corrected chi connectivity index (χ4v) is 2.29. The smallest absolute Gasteiger partial charge is 0.252 e. The fraction of sp³-hybridized carbons (Fsp3) is 1.00. The van der Waals surface area contributed by atoms with Gasteiger partial charge in [-0.25, -0.2) is 0 Å². The van der Waals surface area contributed by atoms with Gasteiger partial charge in [0.1, 0.15) is 6.10 Å². The fourth-order valence-electron chi connectivity index (χ4n) is 2.29. The summed E-state index contributed by atoms with van der Waals surface area (Å²) in [6.07, 6.45) is 3.46. The summed E-state index contributed by atoms with van der Waals surface area (Å²) in [6, 6.07) is 0. The van der Waals surface area contributed by atoms with Crippen molar-refractivity contribution < 1.29 is 14.8 Å². The van der Waals surface area contributed by atoms with Gasteiger partial charge in [0.25, 0.3) is 5.54 Å². The van der Waals surface area contributed by atoms with Gasteiger partial charge in [-0.3, -0.25) is 10.1 Å². The molecule has 0 aliphatic carbocycles. The van der Waals surface area contributed by atoms with E-state index in [1.54, 1.807) is 6.92 Å². The van der Waals surface area contributed by atoms with Crippen LogP contribution in [0, 0.1) is 16.0 Å². The zero-order chi connectivity index (χ0) is 12.2. The largest absolute Gasteiger partial charge is 0.396 e. The predicted octanol–water partition coefficient (Wildman–Crippen LogP) is 1.61. The summed E-state index contributed by atoms with van der Waals surface area (Å²) in [5.41, 5.74) is -1.12. The molecule has 5 nitrogen and oxygen atoms in total. The highest BCUT2D eigenvalue weighted by Crippen LogP contribution is 2.36. The van der Waals surface area contributed by atoms with E-state index in [4.69, 9.17) is 9.84 Å². The number of nitro groups is 1. The number of rotatable bonds is 6. The van der Waals surface area contributed by atoms with Crippen molar-refractivity contribution in [1.29, 1.82) is 0 Å². The van der Waals surface area contributed by atoms with Crippen molar-refractivity contribution in [1.82, 2.24) is 0 Å². The molecule has 0 radical (unpaired) electrons. The third-order valence-corrected chi connectivity index (χ3v) is 3.66. The van der Waals surface area contributed by atoms with Gasteiger partial charge >= 0.3 is 0 Å². The SMILES string of the molecule is CCCCC[C@H]1OC[C@H](CO)[C@]1(C)[N+](=O)[O-]. The first-order chi connectivity index (χ1) is 7.57. The maximum Gasteiger partial charge on any atom is 0.252 e. The molecule has 0 unspecified atom stereocenters. The standard InChI is InChI=1S/C11H21NO4/c1-3-4-5-6-10-11(2,12(14)15)9(7-13)8-16-10/h9-10,13H,3-8H2,1-2H3/t9-,10+,11-/m0/s1. The second-order valence-corrected chi connectivity index (χ2v) is 4.68. The van der Waals surface area contributed by atoms with Crippen molar-refractivity contribution in [2.45, 2.75) is 51.2 Å². The number of nitrogens with zero attached hydrogens (tertiary/aromatic N) is 1. The molecule has 1 aliphatic rings. The molecule has 0 bridgehead atoms. The van der Waals surface area contributed by atoms with Crippen LogP contribution in [0.25, 0.3) is 0 Å². The number of aliphatic hydroxyl groups excluding tert-OH is 1. The molecule has 1 rings (SSSR count). The molecule has 0 saturated carbocycles. The van der Waals surface area contributed by atoms with Crippen LogP contribution in [0.1, 0.15) is 39.5 Å². The van der Waals surface area contributed by atoms with E-state index < -0.39 is 5.54 Å². The molecule has 5 heteroatoms. The first-order valence-corrected chi connectivity index (χ1v) is 5.94. The predicted molar refractivity (Wildman–Crippen MR) is 59.9 cm³/mol. The van der Waals surface area contributed by atoms with Gasteiger partial charge in [0.2, 0.25) is 0 Å². The van der Waals surface area contributed by atoms with Gasteiger partial charge in [-0.15, -0.1) is 0 Å². The van der Waals surface area contributed by atoms with Crippen LogP contribution in [-0.4, -0.2) is 34.9 Å². The topological polar surface area (TPSA) is 72.6 Å². The average molecular weight is 231 g/mol. The van der Waals surface area contributed by atoms with Crippen LogP contribution >= 0.6 is 0 Å². The van der Waals surface area contributed by atoms with Crippen LogP contribution < -0.4 is 0 Å². The molecule has 1 N–H and O–H groups in total. The van der Waals surface area contributed by atoms with Crippen LogP contribution in [0.2, 0.25) is 0 Å². The van der Waals surface area contributed by atoms with Gasteiger partial charge in [0, 0.05) is 11.8 Å². The molecule has 94 valence electrons. The Balaban J connectivity index is 2.66. The van der Waals surface area contributed by atoms with E-state index in [1.807, 2.05) is 0 Å². The number of aliphatic hydroxyl groups is 1. The van der Waals surface area contributed by atoms with Gasteiger partial charge in [0.05, 0.1) is 19.1 Å². The lowest BCUT2D eigenvalue weighted by Gasteiger charge is -2.25. The molecule has 0 amide bonds. The highest BCUT2D eigenvalue weighted by Gasteiger charge is 2.57. The minimum absolute atomic E-state index is 0.179. The highest BCUT2D eigenvalue weighted by atomic mass is 16.6. The van der Waals surface area contributed by atoms with Gasteiger partial charge in [-0.2, -0.15) is 0 Å². The minimum Gasteiger partial charge on any atom is -0.396 e. The van der Waals surface area contributed by atoms with Crippen molar-refractivity contribution in [3.05, 3.63) is 10.1 Å². The zero-order valence-electron chi connectivity index (χ0n) is 10.0. The molecule has 0 aromatic heterocycles. The Kier molecular flexibility index (Phi) is 4.68. The first-order valence-electron chi connectivity index (χ1n) is 5.94. The normalized spacial score (nSPS) is 34.2. The van der Waals surface area contributed by atoms with E-state index in [9.17, 15) is 10.1 Å². The van der Waals surface area contributed by atoms with Gasteiger partial charge < -0.3 is 9.84 Å². The monoisotopic (exact) mass is 231 g/mol. The number of ether oxygens (including phenoxy) is 1. The Morgan fingerprint density at radius 1 is 1.56 bits per heavy atom. The van der Waals surface area contributed by atoms with E-state index in [-0.39, 0.29) is 23.6 Å². The molecule has 0 aromatic rings. The van der Waals surface area contributed by atoms with E-state index in [2.05, 4.69) is 6.92 Å². The summed E-state index contributed by atoms with van der Waals surface area (Å²) in [5, 5.41) is 20.3. The minimum atomic E-state index is -1.12. The molecule has 0 spiro atoms. The molecule has 3 atom stereocenters. The van der Waals surface area contributed by atoms with E-state index in [0.29, 0.717) is 13.0 Å². The first kappa shape index (κ1) is 13.4. The Labute approximate surface area is 95.9 Å². The third kappa shape index (κ3) is 2.35. The number of hydrogen-bond donors (Lipinski definition) is 1. The molecular formula is C11H21NO4. The van der Waals surface area contributed by atoms with Crippen molar-refractivity contribution >= 4 is 0 Å². The molecule has 1 saturated heterocycles. The average Bonchev–Trinajstić information content (AvgIpc) is 2.58. The van der Waals surface area contributed by atoms with Crippen LogP contribution in [-0.2, 0) is 4.74 Å². The second kappa shape index (κ2) is 5.59. The molecule has 1 fully saturated rings. The highest BCUT2D eigenvalue weighted by molar-refractivity contribution is 4.95. The van der Waals surface area contributed by atoms with E-state index >= 15 is 0 Å². The van der Waals surface area contributed by atoms with Crippen LogP contribution in [0.4, 0.5) is 0 Å². The van der Waals surface area contributed by atoms with Crippen LogP contribution in [0.3, 0.4) is 0 Å². The summed E-state index contributed by atoms with van der Waals surface area (Å²) < 4.78 is 5.48. The van der Waals surface area contributed by atoms with Gasteiger partial charge in [-0.1, -0.05) is 26.2 Å². The third-order valence-electron chi connectivity index (χ3n) is 3.66. The Morgan fingerprint density at radius 2 is 2.25 bits per heavy atom. The molecule has 16 heavy (non-hydrogen) atoms. The zero-order valence-corrected chi connectivity index (χ0v) is 10.0. The summed E-state index contributed by atoms with van der Waals surface area (Å²) in [4.78, 5) is 10.9. The van der Waals surface area contributed by atoms with Crippen molar-refractivity contribution in [2.75, 3.05) is 13.2 Å². The Bertz CT molecular complexity index is 246. The van der Waals surface area contributed by atoms with Crippen molar-refractivity contribution in [3.63, 3.8) is 0 Å². The van der Waals surface area contributed by atoms with Crippen molar-refractivity contribution in [2.24, 2.45) is 5.92 Å². The number of hydrogen-bond acceptors (Lipinski definition) is 4. The second-order valence-electron chi connectivity index (χ2n) is 4.68. The lowest BCUT2D eigenvalue weighted by atomic mass is 9.83. The summed E-state index contributed by atoms with van der Waals surface area (Å²) in [7, 11) is 0. The lowest BCUT2D eigenvalue weighted by molar-refractivity contribution is -0.579. The molecule has 1 aliphatic heterocycles. The van der Waals surface area contributed by atoms with Gasteiger partial charge in [0.15, 0.2) is 0 Å². The van der Waals surface area contributed by atoms with Crippen molar-refractivity contribution in [3.8, 4) is 0 Å². The van der Waals surface area contributed by atoms with E-state index in [1.165, 1.54) is 0 Å². The van der Waals surface area contributed by atoms with Crippen LogP contribution in [0.15, 0.2) is 0 Å². The Hall–Kier alpha value is -0.680. The summed E-state index contributed by atoms with van der Waals surface area (Å²) in [6.45, 7) is 3.81. The maximum atomic E-state index is 11.2. The van der Waals surface area contributed by atoms with Gasteiger partial charge in [-0.05, 0) is 6.42 Å². The molecule has 0 aromatic carbocycles. The molecular weight excluding hydrogens is 210 g/mol. The quantitative estimate of drug-likeness (QED) is 0.428. The lowest BCUT2D eigenvalue weighted by Crippen LogP contribution is -2.49. The summed E-state index contributed by atoms with van der Waals surface area (Å²) in [5.74, 6) is -0.380. The maximum absolute atomic E-state index is 11.2. The number of unbranched alkanes of at least 4 members (excludes halogenated alkanes) is 2. The van der Waals surface area contributed by atoms with E-state index in [0.717, 1.165) is 19.3 Å². The summed E-state index contributed by atoms with van der Waals surface area (Å²) >= 11 is 0. The molecule has 1 heterocycles.